The van der Waals surface area contributed by atoms with Crippen LogP contribution in [0.15, 0.2) is 28.8 Å². The van der Waals surface area contributed by atoms with E-state index in [4.69, 9.17) is 9.26 Å². The van der Waals surface area contributed by atoms with Gasteiger partial charge in [0.25, 0.3) is 0 Å². The van der Waals surface area contributed by atoms with Gasteiger partial charge in [0.05, 0.1) is 30.2 Å². The second kappa shape index (κ2) is 8.28. The number of aromatic nitrogens is 1. The summed E-state index contributed by atoms with van der Waals surface area (Å²) in [5.41, 5.74) is 0.417. The van der Waals surface area contributed by atoms with Crippen molar-refractivity contribution in [1.82, 2.24) is 10.1 Å². The van der Waals surface area contributed by atoms with Crippen molar-refractivity contribution in [3.63, 3.8) is 0 Å². The highest BCUT2D eigenvalue weighted by atomic mass is 19.1. The lowest BCUT2D eigenvalue weighted by molar-refractivity contribution is -0.151. The molecule has 0 aliphatic carbocycles. The van der Waals surface area contributed by atoms with E-state index in [1.54, 1.807) is 11.8 Å². The van der Waals surface area contributed by atoms with Crippen molar-refractivity contribution in [2.75, 3.05) is 19.7 Å². The fourth-order valence-electron chi connectivity index (χ4n) is 3.13. The largest absolute Gasteiger partial charge is 0.466 e. The second-order valence-electron chi connectivity index (χ2n) is 6.41. The van der Waals surface area contributed by atoms with Crippen molar-refractivity contribution in [2.45, 2.75) is 26.2 Å². The summed E-state index contributed by atoms with van der Waals surface area (Å²) < 4.78 is 37.0. The molecule has 1 fully saturated rings. The van der Waals surface area contributed by atoms with E-state index in [9.17, 15) is 18.4 Å². The summed E-state index contributed by atoms with van der Waals surface area (Å²) in [7, 11) is 0. The van der Waals surface area contributed by atoms with Crippen LogP contribution in [0.3, 0.4) is 0 Å². The Hall–Kier alpha value is -2.77. The Morgan fingerprint density at radius 1 is 1.33 bits per heavy atom. The quantitative estimate of drug-likeness (QED) is 0.748. The van der Waals surface area contributed by atoms with E-state index in [2.05, 4.69) is 5.16 Å². The summed E-state index contributed by atoms with van der Waals surface area (Å²) in [6, 6.07) is 4.59. The number of amides is 1. The highest BCUT2D eigenvalue weighted by molar-refractivity contribution is 5.80. The molecule has 1 aliphatic heterocycles. The molecule has 0 bridgehead atoms. The van der Waals surface area contributed by atoms with Crippen LogP contribution in [0.5, 0.6) is 0 Å². The van der Waals surface area contributed by atoms with Gasteiger partial charge < -0.3 is 14.2 Å². The number of carbonyl (C=O) groups excluding carboxylic acids is 2. The van der Waals surface area contributed by atoms with Crippen LogP contribution in [0.25, 0.3) is 11.3 Å². The summed E-state index contributed by atoms with van der Waals surface area (Å²) in [6.45, 7) is 2.93. The number of piperidine rings is 1. The summed E-state index contributed by atoms with van der Waals surface area (Å²) in [6.07, 6.45) is 1.39. The van der Waals surface area contributed by atoms with Crippen LogP contribution in [-0.4, -0.2) is 41.6 Å². The molecule has 1 unspecified atom stereocenters. The molecule has 1 aromatic heterocycles. The van der Waals surface area contributed by atoms with Crippen LogP contribution in [-0.2, 0) is 20.7 Å². The van der Waals surface area contributed by atoms with Crippen LogP contribution in [0.4, 0.5) is 8.78 Å². The molecule has 0 saturated carbocycles. The third kappa shape index (κ3) is 4.50. The standard InChI is InChI=1S/C19H20F2N2O4/c1-2-26-19(25)12-4-3-7-23(11-12)18(24)10-14-9-17(27-22-14)15-6-5-13(20)8-16(15)21/h5-6,8-9,12H,2-4,7,10-11H2,1H3. The average molecular weight is 378 g/mol. The van der Waals surface area contributed by atoms with Crippen LogP contribution in [0.2, 0.25) is 0 Å². The van der Waals surface area contributed by atoms with E-state index in [0.29, 0.717) is 31.8 Å². The zero-order valence-electron chi connectivity index (χ0n) is 14.9. The molecule has 144 valence electrons. The predicted octanol–water partition coefficient (Wildman–Crippen LogP) is 2.96. The van der Waals surface area contributed by atoms with Crippen LogP contribution >= 0.6 is 0 Å². The number of rotatable bonds is 5. The van der Waals surface area contributed by atoms with E-state index in [-0.39, 0.29) is 35.5 Å². The molecule has 27 heavy (non-hydrogen) atoms. The molecule has 1 atom stereocenters. The Balaban J connectivity index is 1.64. The third-order valence-electron chi connectivity index (χ3n) is 4.48. The fraction of sp³-hybridized carbons (Fsp3) is 0.421. The van der Waals surface area contributed by atoms with Crippen molar-refractivity contribution in [3.05, 3.63) is 41.6 Å². The SMILES string of the molecule is CCOC(=O)C1CCCN(C(=O)Cc2cc(-c3ccc(F)cc3F)on2)C1. The fourth-order valence-corrected chi connectivity index (χ4v) is 3.13. The number of benzene rings is 1. The van der Waals surface area contributed by atoms with Gasteiger partial charge in [-0.2, -0.15) is 0 Å². The molecule has 0 radical (unpaired) electrons. The average Bonchev–Trinajstić information content (AvgIpc) is 3.10. The van der Waals surface area contributed by atoms with Gasteiger partial charge >= 0.3 is 5.97 Å². The molecule has 6 nitrogen and oxygen atoms in total. The van der Waals surface area contributed by atoms with Gasteiger partial charge in [-0.25, -0.2) is 8.78 Å². The summed E-state index contributed by atoms with van der Waals surface area (Å²) in [4.78, 5) is 26.0. The van der Waals surface area contributed by atoms with Crippen molar-refractivity contribution in [1.29, 1.82) is 0 Å². The third-order valence-corrected chi connectivity index (χ3v) is 4.48. The number of likely N-dealkylation sites (tertiary alicyclic amines) is 1. The zero-order valence-corrected chi connectivity index (χ0v) is 14.9. The number of carbonyl (C=O) groups is 2. The first-order valence-electron chi connectivity index (χ1n) is 8.83. The Kier molecular flexibility index (Phi) is 5.83. The maximum atomic E-state index is 13.8. The molecule has 1 aromatic carbocycles. The van der Waals surface area contributed by atoms with Gasteiger partial charge in [-0.15, -0.1) is 0 Å². The van der Waals surface area contributed by atoms with E-state index < -0.39 is 11.6 Å². The Labute approximate surface area is 155 Å². The lowest BCUT2D eigenvalue weighted by atomic mass is 9.98. The van der Waals surface area contributed by atoms with Gasteiger partial charge in [0.1, 0.15) is 11.6 Å². The minimum Gasteiger partial charge on any atom is -0.466 e. The number of ether oxygens (including phenoxy) is 1. The molecular weight excluding hydrogens is 358 g/mol. The number of hydrogen-bond acceptors (Lipinski definition) is 5. The minimum atomic E-state index is -0.766. The van der Waals surface area contributed by atoms with E-state index in [1.165, 1.54) is 12.1 Å². The van der Waals surface area contributed by atoms with Gasteiger partial charge in [0, 0.05) is 25.2 Å². The Morgan fingerprint density at radius 3 is 2.89 bits per heavy atom. The van der Waals surface area contributed by atoms with E-state index in [0.717, 1.165) is 18.6 Å². The van der Waals surface area contributed by atoms with Gasteiger partial charge in [0.2, 0.25) is 5.91 Å². The number of halogens is 2. The van der Waals surface area contributed by atoms with Crippen molar-refractivity contribution in [2.24, 2.45) is 5.92 Å². The normalized spacial score (nSPS) is 17.0. The van der Waals surface area contributed by atoms with Crippen LogP contribution < -0.4 is 0 Å². The molecule has 3 rings (SSSR count). The lowest BCUT2D eigenvalue weighted by Gasteiger charge is -2.31. The smallest absolute Gasteiger partial charge is 0.310 e. The Bertz CT molecular complexity index is 837. The van der Waals surface area contributed by atoms with Gasteiger partial charge in [-0.05, 0) is 31.9 Å². The number of esters is 1. The van der Waals surface area contributed by atoms with Crippen LogP contribution in [0.1, 0.15) is 25.5 Å². The molecular formula is C19H20F2N2O4. The summed E-state index contributed by atoms with van der Waals surface area (Å²) >= 11 is 0. The maximum absolute atomic E-state index is 13.8. The Morgan fingerprint density at radius 2 is 2.15 bits per heavy atom. The summed E-state index contributed by atoms with van der Waals surface area (Å²) in [5.74, 6) is -2.12. The minimum absolute atomic E-state index is 0.0259. The topological polar surface area (TPSA) is 72.6 Å². The molecule has 8 heteroatoms. The monoisotopic (exact) mass is 378 g/mol. The number of hydrogen-bond donors (Lipinski definition) is 0. The highest BCUT2D eigenvalue weighted by Gasteiger charge is 2.29. The van der Waals surface area contributed by atoms with Gasteiger partial charge in [-0.3, -0.25) is 9.59 Å². The molecule has 0 N–H and O–H groups in total. The maximum Gasteiger partial charge on any atom is 0.310 e. The van der Waals surface area contributed by atoms with E-state index >= 15 is 0 Å². The first-order chi connectivity index (χ1) is 13.0. The zero-order chi connectivity index (χ0) is 19.4. The predicted molar refractivity (Wildman–Crippen MR) is 91.5 cm³/mol. The summed E-state index contributed by atoms with van der Waals surface area (Å²) in [5, 5.41) is 3.80. The lowest BCUT2D eigenvalue weighted by Crippen LogP contribution is -2.43. The first kappa shape index (κ1) is 19.0. The van der Waals surface area contributed by atoms with Crippen molar-refractivity contribution < 1.29 is 27.6 Å². The molecule has 1 amide bonds. The highest BCUT2D eigenvalue weighted by Crippen LogP contribution is 2.25. The molecule has 2 heterocycles. The number of nitrogens with zero attached hydrogens (tertiary/aromatic N) is 2. The van der Waals surface area contributed by atoms with E-state index in [1.807, 2.05) is 0 Å². The van der Waals surface area contributed by atoms with Gasteiger partial charge in [0.15, 0.2) is 5.76 Å². The van der Waals surface area contributed by atoms with Crippen molar-refractivity contribution in [3.8, 4) is 11.3 Å². The first-order valence-corrected chi connectivity index (χ1v) is 8.83. The second-order valence-corrected chi connectivity index (χ2v) is 6.41. The van der Waals surface area contributed by atoms with Crippen molar-refractivity contribution >= 4 is 11.9 Å². The van der Waals surface area contributed by atoms with Gasteiger partial charge in [-0.1, -0.05) is 5.16 Å². The molecule has 1 saturated heterocycles. The van der Waals surface area contributed by atoms with Crippen LogP contribution in [0, 0.1) is 17.6 Å². The molecule has 0 spiro atoms. The molecule has 2 aromatic rings. The molecule has 1 aliphatic rings.